The first kappa shape index (κ1) is 19.2. The molecule has 0 bridgehead atoms. The summed E-state index contributed by atoms with van der Waals surface area (Å²) in [6, 6.07) is 0. The van der Waals surface area contributed by atoms with Gasteiger partial charge in [0, 0.05) is 6.20 Å². The van der Waals surface area contributed by atoms with Crippen molar-refractivity contribution in [2.45, 2.75) is 26.4 Å². The number of methoxy groups -OCH3 is 1. The fourth-order valence-corrected chi connectivity index (χ4v) is 2.66. The van der Waals surface area contributed by atoms with Gasteiger partial charge in [-0.3, -0.25) is 0 Å². The molecule has 4 nitrogen and oxygen atoms in total. The van der Waals surface area contributed by atoms with Gasteiger partial charge in [-0.25, -0.2) is 9.78 Å². The third-order valence-electron chi connectivity index (χ3n) is 3.96. The second-order valence-corrected chi connectivity index (χ2v) is 5.53. The number of alkyl halides is 3. The maximum atomic E-state index is 13.5. The van der Waals surface area contributed by atoms with E-state index in [4.69, 9.17) is 0 Å². The minimum Gasteiger partial charge on any atom is -0.465 e. The number of aromatic nitrogens is 1. The molecule has 1 aliphatic heterocycles. The molecule has 0 amide bonds. The van der Waals surface area contributed by atoms with Crippen molar-refractivity contribution >= 4 is 11.8 Å². The Labute approximate surface area is 131 Å². The van der Waals surface area contributed by atoms with Crippen LogP contribution in [0.1, 0.15) is 34.8 Å². The molecule has 2 heterocycles. The number of carbonyl (C=O) groups is 1. The van der Waals surface area contributed by atoms with Crippen LogP contribution in [0.5, 0.6) is 0 Å². The van der Waals surface area contributed by atoms with Gasteiger partial charge in [0.25, 0.3) is 0 Å². The Morgan fingerprint density at radius 2 is 2.08 bits per heavy atom. The van der Waals surface area contributed by atoms with Crippen LogP contribution in [0, 0.1) is 19.0 Å². The Kier molecular flexibility index (Phi) is 5.37. The van der Waals surface area contributed by atoms with Crippen molar-refractivity contribution in [3.8, 4) is 0 Å². The fourth-order valence-electron chi connectivity index (χ4n) is 2.66. The van der Waals surface area contributed by atoms with E-state index >= 15 is 0 Å². The van der Waals surface area contributed by atoms with E-state index in [1.165, 1.54) is 6.92 Å². The topological polar surface area (TPSA) is 42.4 Å². The number of pyridine rings is 1. The summed E-state index contributed by atoms with van der Waals surface area (Å²) < 4.78 is 57.2. The molecule has 9 heteroatoms. The average molecular weight is 600 g/mol. The molecule has 1 aromatic heterocycles. The van der Waals surface area contributed by atoms with Crippen LogP contribution in [0.3, 0.4) is 0 Å². The Bertz CT molecular complexity index is 610. The summed E-state index contributed by atoms with van der Waals surface area (Å²) in [6.07, 6.45) is -3.92. The van der Waals surface area contributed by atoms with E-state index in [1.54, 1.807) is 11.8 Å². The molecule has 0 radical (unpaired) electrons. The molecule has 130 valence electrons. The number of halogens is 4. The van der Waals surface area contributed by atoms with Gasteiger partial charge in [-0.05, 0) is 25.6 Å². The van der Waals surface area contributed by atoms with Crippen LogP contribution in [0.2, 0.25) is 0 Å². The second-order valence-electron chi connectivity index (χ2n) is 5.53. The second kappa shape index (κ2) is 6.72. The molecular formula is C15H17F4N2O2Rf-. The van der Waals surface area contributed by atoms with Crippen LogP contribution in [-0.4, -0.2) is 31.2 Å². The van der Waals surface area contributed by atoms with Crippen LogP contribution in [0.4, 0.5) is 23.4 Å². The molecule has 1 aromatic rings. The Morgan fingerprint density at radius 3 is 2.58 bits per heavy atom. The van der Waals surface area contributed by atoms with Gasteiger partial charge < -0.3 is 14.0 Å². The van der Waals surface area contributed by atoms with Crippen molar-refractivity contribution in [2.24, 2.45) is 5.92 Å². The van der Waals surface area contributed by atoms with Crippen LogP contribution in [0.15, 0.2) is 6.20 Å². The third kappa shape index (κ3) is 3.38. The number of anilines is 1. The fraction of sp³-hybridized carbons (Fsp3) is 0.533. The Balaban J connectivity index is 0.00000288. The molecule has 1 fully saturated rings. The number of carbonyl (C=O) groups excluding carboxylic acids is 1. The van der Waals surface area contributed by atoms with E-state index < -0.39 is 17.7 Å². The summed E-state index contributed by atoms with van der Waals surface area (Å²) in [5.41, 5.74) is -1.45. The van der Waals surface area contributed by atoms with Crippen molar-refractivity contribution in [1.82, 2.24) is 4.98 Å². The minimum atomic E-state index is -4.62. The molecule has 0 aromatic carbocycles. The quantitative estimate of drug-likeness (QED) is 0.296. The molecule has 1 aliphatic rings. The molecule has 0 saturated carbocycles. The van der Waals surface area contributed by atoms with E-state index in [0.717, 1.165) is 7.11 Å². The van der Waals surface area contributed by atoms with Gasteiger partial charge in [0.15, 0.2) is 0 Å². The van der Waals surface area contributed by atoms with Gasteiger partial charge in [0.1, 0.15) is 11.4 Å². The Hall–Kier alpha value is -2.86. The first-order valence-corrected chi connectivity index (χ1v) is 7.08. The van der Waals surface area contributed by atoms with Crippen molar-refractivity contribution in [2.75, 3.05) is 25.1 Å². The molecule has 1 saturated heterocycles. The van der Waals surface area contributed by atoms with Gasteiger partial charge in [-0.1, -0.05) is 6.92 Å². The van der Waals surface area contributed by atoms with Crippen molar-refractivity contribution in [3.05, 3.63) is 29.1 Å². The van der Waals surface area contributed by atoms with E-state index in [1.807, 2.05) is 0 Å². The number of ether oxygens (including phenoxy) is 1. The van der Waals surface area contributed by atoms with Crippen molar-refractivity contribution < 1.29 is 27.1 Å². The summed E-state index contributed by atoms with van der Waals surface area (Å²) in [7, 11) is 1.10. The molecular weight excluding hydrogens is 583 g/mol. The monoisotopic (exact) mass is 600 g/mol. The number of hydrogen-bond donors (Lipinski definition) is 0. The summed E-state index contributed by atoms with van der Waals surface area (Å²) >= 11 is 0. The predicted octanol–water partition coefficient (Wildman–Crippen LogP) is 3.54. The zero-order valence-electron chi connectivity index (χ0n) is 13.7. The molecule has 1 atom stereocenters. The summed E-state index contributed by atoms with van der Waals surface area (Å²) in [5.74, 6) is -1.17. The van der Waals surface area contributed by atoms with Crippen molar-refractivity contribution in [1.29, 1.82) is 0 Å². The molecule has 0 aliphatic carbocycles. The molecule has 24 heavy (non-hydrogen) atoms. The third-order valence-corrected chi connectivity index (χ3v) is 3.96. The van der Waals surface area contributed by atoms with E-state index in [9.17, 15) is 22.4 Å². The van der Waals surface area contributed by atoms with E-state index in [-0.39, 0.29) is 48.5 Å². The van der Waals surface area contributed by atoms with Gasteiger partial charge in [-0.2, -0.15) is 13.2 Å². The average Bonchev–Trinajstić information content (AvgIpc) is 2.47. The molecule has 0 spiro atoms. The van der Waals surface area contributed by atoms with Gasteiger partial charge >= 0.3 is 12.1 Å². The van der Waals surface area contributed by atoms with Gasteiger partial charge in [0.2, 0.25) is 0 Å². The zero-order valence-corrected chi connectivity index (χ0v) is 20.1. The maximum Gasteiger partial charge on any atom is 0.418 e. The number of nitrogens with zero attached hydrogens (tertiary/aromatic N) is 2. The number of piperidine rings is 1. The number of esters is 1. The first-order chi connectivity index (χ1) is 10.7. The molecule has 0 N–H and O–H groups in total. The minimum absolute atomic E-state index is 0. The maximum absolute atomic E-state index is 13.5. The zero-order chi connectivity index (χ0) is 17.4. The first-order valence-electron chi connectivity index (χ1n) is 7.08. The Morgan fingerprint density at radius 1 is 1.46 bits per heavy atom. The smallest absolute Gasteiger partial charge is 0.418 e. The van der Waals surface area contributed by atoms with Crippen LogP contribution in [-0.2, 0) is 10.9 Å². The molecule has 0 unspecified atom stereocenters. The van der Waals surface area contributed by atoms with Gasteiger partial charge in [-0.15, -0.1) is 18.5 Å². The van der Waals surface area contributed by atoms with E-state index in [0.29, 0.717) is 6.20 Å². The largest absolute Gasteiger partial charge is 0.465 e. The number of hydrogen-bond acceptors (Lipinski definition) is 4. The molecule has 2 rings (SSSR count). The summed E-state index contributed by atoms with van der Waals surface area (Å²) in [4.78, 5) is 17.4. The predicted molar refractivity (Wildman–Crippen MR) is 75.7 cm³/mol. The number of rotatable bonds is 2. The van der Waals surface area contributed by atoms with Gasteiger partial charge in [0.05, 0.1) is 12.7 Å². The standard InChI is InChI=1S/C15H17F4N2O2.Rf/c1-8-7-21(5-4-11(8)16)13-12(14(22)23-3)9(2)10(6-20-13)15(17,18)19;/h6,8H,4-5,7H2,1-3H3;/q-1;/t8-;/m1./s1. The van der Waals surface area contributed by atoms with Crippen molar-refractivity contribution in [3.63, 3.8) is 0 Å². The van der Waals surface area contributed by atoms with Crippen LogP contribution < -0.4 is 4.90 Å². The summed E-state index contributed by atoms with van der Waals surface area (Å²) in [6.45, 7) is 3.38. The normalized spacial score (nSPS) is 19.0. The SMILES string of the molecule is COC(=O)c1c(N2CC[C-](F)[C@H](C)C2)ncc(C(F)(F)F)c1C.[Rf]. The van der Waals surface area contributed by atoms with Crippen LogP contribution in [0.25, 0.3) is 0 Å². The summed E-state index contributed by atoms with van der Waals surface area (Å²) in [5, 5.41) is 0. The van der Waals surface area contributed by atoms with Crippen LogP contribution >= 0.6 is 0 Å². The van der Waals surface area contributed by atoms with E-state index in [2.05, 4.69) is 9.72 Å².